The highest BCUT2D eigenvalue weighted by molar-refractivity contribution is 7.07. The Morgan fingerprint density at radius 1 is 1.53 bits per heavy atom. The molecule has 0 aromatic carbocycles. The number of rotatable bonds is 5. The number of nitrogens with one attached hydrogen (secondary N) is 1. The van der Waals surface area contributed by atoms with Crippen LogP contribution in [-0.4, -0.2) is 17.6 Å². The Kier molecular flexibility index (Phi) is 3.95. The molecule has 2 heterocycles. The zero-order valence-electron chi connectivity index (χ0n) is 9.13. The van der Waals surface area contributed by atoms with Crippen LogP contribution in [0.5, 0.6) is 0 Å². The third-order valence-corrected chi connectivity index (χ3v) is 3.12. The average molecular weight is 251 g/mol. The lowest BCUT2D eigenvalue weighted by Crippen LogP contribution is -2.25. The van der Waals surface area contributed by atoms with Crippen molar-refractivity contribution in [1.29, 1.82) is 0 Å². The van der Waals surface area contributed by atoms with Gasteiger partial charge in [-0.1, -0.05) is 0 Å². The van der Waals surface area contributed by atoms with Crippen molar-refractivity contribution in [3.63, 3.8) is 0 Å². The summed E-state index contributed by atoms with van der Waals surface area (Å²) in [4.78, 5) is 11.5. The number of hydrogen-bond donors (Lipinski definition) is 2. The topological polar surface area (TPSA) is 62.5 Å². The van der Waals surface area contributed by atoms with E-state index in [0.717, 1.165) is 5.56 Å². The first kappa shape index (κ1) is 11.9. The molecule has 17 heavy (non-hydrogen) atoms. The molecule has 0 aliphatic carbocycles. The quantitative estimate of drug-likeness (QED) is 0.856. The molecule has 0 radical (unpaired) electrons. The van der Waals surface area contributed by atoms with E-state index in [9.17, 15) is 9.90 Å². The van der Waals surface area contributed by atoms with E-state index in [1.807, 2.05) is 16.8 Å². The van der Waals surface area contributed by atoms with E-state index in [4.69, 9.17) is 4.42 Å². The van der Waals surface area contributed by atoms with Crippen LogP contribution in [-0.2, 0) is 0 Å². The van der Waals surface area contributed by atoms with E-state index >= 15 is 0 Å². The van der Waals surface area contributed by atoms with Gasteiger partial charge < -0.3 is 14.8 Å². The first-order valence-corrected chi connectivity index (χ1v) is 6.22. The van der Waals surface area contributed by atoms with Gasteiger partial charge in [-0.3, -0.25) is 4.79 Å². The van der Waals surface area contributed by atoms with E-state index in [-0.39, 0.29) is 5.91 Å². The summed E-state index contributed by atoms with van der Waals surface area (Å²) in [5.74, 6) is -0.184. The van der Waals surface area contributed by atoms with Gasteiger partial charge in [-0.2, -0.15) is 11.3 Å². The Bertz CT molecular complexity index is 450. The summed E-state index contributed by atoms with van der Waals surface area (Å²) in [6.07, 6.45) is 2.82. The predicted molar refractivity (Wildman–Crippen MR) is 64.9 cm³/mol. The van der Waals surface area contributed by atoms with Gasteiger partial charge in [-0.15, -0.1) is 0 Å². The molecule has 2 aromatic heterocycles. The van der Waals surface area contributed by atoms with Crippen molar-refractivity contribution in [2.24, 2.45) is 0 Å². The van der Waals surface area contributed by atoms with Gasteiger partial charge in [0.05, 0.1) is 17.9 Å². The van der Waals surface area contributed by atoms with Gasteiger partial charge in [-0.25, -0.2) is 0 Å². The van der Waals surface area contributed by atoms with Crippen molar-refractivity contribution >= 4 is 17.2 Å². The average Bonchev–Trinajstić information content (AvgIpc) is 3.02. The minimum absolute atomic E-state index is 0.184. The Balaban J connectivity index is 1.75. The highest BCUT2D eigenvalue weighted by atomic mass is 32.1. The van der Waals surface area contributed by atoms with Crippen LogP contribution in [0.3, 0.4) is 0 Å². The minimum atomic E-state index is -0.522. The molecular formula is C12H13NO3S. The second-order valence-electron chi connectivity index (χ2n) is 3.63. The van der Waals surface area contributed by atoms with Gasteiger partial charge in [0, 0.05) is 6.54 Å². The molecule has 0 aliphatic heterocycles. The summed E-state index contributed by atoms with van der Waals surface area (Å²) in [5, 5.41) is 16.3. The molecule has 0 fully saturated rings. The van der Waals surface area contributed by atoms with Crippen molar-refractivity contribution in [1.82, 2.24) is 5.32 Å². The zero-order valence-corrected chi connectivity index (χ0v) is 9.94. The Hall–Kier alpha value is -1.59. The minimum Gasteiger partial charge on any atom is -0.472 e. The molecule has 1 atom stereocenters. The molecule has 2 N–H and O–H groups in total. The van der Waals surface area contributed by atoms with E-state index in [2.05, 4.69) is 5.32 Å². The van der Waals surface area contributed by atoms with Crippen molar-refractivity contribution < 1.29 is 14.3 Å². The Morgan fingerprint density at radius 3 is 3.06 bits per heavy atom. The van der Waals surface area contributed by atoms with Crippen molar-refractivity contribution in [2.45, 2.75) is 12.5 Å². The summed E-state index contributed by atoms with van der Waals surface area (Å²) in [6, 6.07) is 3.48. The summed E-state index contributed by atoms with van der Waals surface area (Å²) in [5.41, 5.74) is 1.39. The second-order valence-corrected chi connectivity index (χ2v) is 4.41. The number of amides is 1. The van der Waals surface area contributed by atoms with Crippen LogP contribution in [0.4, 0.5) is 0 Å². The third-order valence-electron chi connectivity index (χ3n) is 2.41. The highest BCUT2D eigenvalue weighted by Gasteiger charge is 2.10. The lowest BCUT2D eigenvalue weighted by Gasteiger charge is -2.09. The fourth-order valence-electron chi connectivity index (χ4n) is 1.45. The number of aliphatic hydroxyl groups excluding tert-OH is 1. The van der Waals surface area contributed by atoms with Crippen LogP contribution in [0, 0.1) is 0 Å². The molecule has 0 saturated carbocycles. The largest absolute Gasteiger partial charge is 0.472 e. The Morgan fingerprint density at radius 2 is 2.41 bits per heavy atom. The van der Waals surface area contributed by atoms with Gasteiger partial charge in [0.1, 0.15) is 6.26 Å². The number of carbonyl (C=O) groups excluding carboxylic acids is 1. The van der Waals surface area contributed by atoms with E-state index in [0.29, 0.717) is 18.5 Å². The van der Waals surface area contributed by atoms with Crippen molar-refractivity contribution in [2.75, 3.05) is 6.54 Å². The molecule has 0 spiro atoms. The molecule has 0 saturated heterocycles. The Labute approximate surface area is 103 Å². The van der Waals surface area contributed by atoms with Gasteiger partial charge >= 0.3 is 0 Å². The first-order chi connectivity index (χ1) is 8.27. The van der Waals surface area contributed by atoms with E-state index in [1.165, 1.54) is 12.5 Å². The van der Waals surface area contributed by atoms with E-state index in [1.54, 1.807) is 17.4 Å². The fourth-order valence-corrected chi connectivity index (χ4v) is 2.16. The van der Waals surface area contributed by atoms with E-state index < -0.39 is 6.10 Å². The first-order valence-electron chi connectivity index (χ1n) is 5.28. The monoisotopic (exact) mass is 251 g/mol. The fraction of sp³-hybridized carbons (Fsp3) is 0.250. The summed E-state index contributed by atoms with van der Waals surface area (Å²) in [7, 11) is 0. The molecule has 2 aromatic rings. The van der Waals surface area contributed by atoms with Crippen LogP contribution >= 0.6 is 11.3 Å². The van der Waals surface area contributed by atoms with Crippen molar-refractivity contribution in [3.8, 4) is 0 Å². The lowest BCUT2D eigenvalue weighted by molar-refractivity contribution is 0.0942. The highest BCUT2D eigenvalue weighted by Crippen LogP contribution is 2.18. The number of aliphatic hydroxyl groups is 1. The van der Waals surface area contributed by atoms with Gasteiger partial charge in [0.15, 0.2) is 0 Å². The molecule has 5 heteroatoms. The predicted octanol–water partition coefficient (Wildman–Crippen LogP) is 2.19. The number of carbonyl (C=O) groups is 1. The molecule has 2 rings (SSSR count). The molecular weight excluding hydrogens is 238 g/mol. The van der Waals surface area contributed by atoms with Crippen LogP contribution < -0.4 is 5.32 Å². The third kappa shape index (κ3) is 3.18. The summed E-state index contributed by atoms with van der Waals surface area (Å²) >= 11 is 1.55. The maximum Gasteiger partial charge on any atom is 0.254 e. The zero-order chi connectivity index (χ0) is 12.1. The number of hydrogen-bond acceptors (Lipinski definition) is 4. The molecule has 0 aliphatic rings. The van der Waals surface area contributed by atoms with Crippen LogP contribution in [0.1, 0.15) is 28.4 Å². The maximum atomic E-state index is 11.5. The maximum absolute atomic E-state index is 11.5. The van der Waals surface area contributed by atoms with Crippen LogP contribution in [0.25, 0.3) is 0 Å². The van der Waals surface area contributed by atoms with Crippen LogP contribution in [0.2, 0.25) is 0 Å². The standard InChI is InChI=1S/C12H13NO3S/c14-11(10-3-6-17-8-10)1-4-13-12(15)9-2-5-16-7-9/h2-3,5-8,11,14H,1,4H2,(H,13,15)/t11-/m0/s1. The number of furan rings is 1. The van der Waals surface area contributed by atoms with Crippen LogP contribution in [0.15, 0.2) is 39.8 Å². The van der Waals surface area contributed by atoms with Gasteiger partial charge in [-0.05, 0) is 34.9 Å². The molecule has 0 unspecified atom stereocenters. The molecule has 90 valence electrons. The smallest absolute Gasteiger partial charge is 0.254 e. The summed E-state index contributed by atoms with van der Waals surface area (Å²) < 4.78 is 4.81. The normalized spacial score (nSPS) is 12.3. The van der Waals surface area contributed by atoms with Crippen molar-refractivity contribution in [3.05, 3.63) is 46.5 Å². The molecule has 1 amide bonds. The molecule has 0 bridgehead atoms. The lowest BCUT2D eigenvalue weighted by atomic mass is 10.1. The summed E-state index contributed by atoms with van der Waals surface area (Å²) in [6.45, 7) is 0.432. The van der Waals surface area contributed by atoms with Gasteiger partial charge in [0.2, 0.25) is 0 Å². The van der Waals surface area contributed by atoms with Gasteiger partial charge in [0.25, 0.3) is 5.91 Å². The SMILES string of the molecule is O=C(NCC[C@H](O)c1ccsc1)c1ccoc1. The second kappa shape index (κ2) is 5.65. The number of thiophene rings is 1. The molecule has 4 nitrogen and oxygen atoms in total.